The number of rotatable bonds is 2. The number of hydrogen-bond acceptors (Lipinski definition) is 5. The molecule has 2 fully saturated rings. The Kier molecular flexibility index (Phi) is 3.80. The number of carbonyl (C=O) groups excluding carboxylic acids is 2. The lowest BCUT2D eigenvalue weighted by molar-refractivity contribution is -0.127. The average Bonchev–Trinajstić information content (AvgIpc) is 2.85. The fourth-order valence-corrected chi connectivity index (χ4v) is 3.33. The molecule has 0 bridgehead atoms. The number of fused-ring (bicyclic) bond motifs is 1. The van der Waals surface area contributed by atoms with Crippen molar-refractivity contribution in [1.82, 2.24) is 20.0 Å². The lowest BCUT2D eigenvalue weighted by Gasteiger charge is -2.38. The van der Waals surface area contributed by atoms with Crippen LogP contribution in [0.5, 0.6) is 0 Å². The summed E-state index contributed by atoms with van der Waals surface area (Å²) in [5.41, 5.74) is 0.970. The Hall–Kier alpha value is -2.05. The number of likely N-dealkylation sites (tertiary alicyclic amines) is 1. The van der Waals surface area contributed by atoms with E-state index in [-0.39, 0.29) is 11.9 Å². The van der Waals surface area contributed by atoms with Crippen LogP contribution in [0.4, 0.5) is 4.79 Å². The molecule has 3 amide bonds. The molecule has 0 aromatic carbocycles. The van der Waals surface area contributed by atoms with Crippen molar-refractivity contribution in [3.05, 3.63) is 12.2 Å². The van der Waals surface area contributed by atoms with E-state index < -0.39 is 12.2 Å². The number of hydrogen-bond donors (Lipinski definition) is 1. The predicted octanol–water partition coefficient (Wildman–Crippen LogP) is 0.596. The first kappa shape index (κ1) is 14.9. The Morgan fingerprint density at radius 2 is 2.00 bits per heavy atom. The first-order valence-electron chi connectivity index (χ1n) is 7.80. The molecule has 3 rings (SSSR count). The fraction of sp³-hybridized carbons (Fsp3) is 0.667. The molecule has 0 aromatic rings. The number of carbonyl (C=O) groups is 2. The lowest BCUT2D eigenvalue weighted by atomic mass is 10.1. The molecule has 7 nitrogen and oxygen atoms in total. The number of aliphatic imine (C=N–C) groups is 1. The minimum Gasteiger partial charge on any atom is -0.343 e. The van der Waals surface area contributed by atoms with Gasteiger partial charge in [-0.2, -0.15) is 0 Å². The zero-order valence-corrected chi connectivity index (χ0v) is 13.2. The maximum atomic E-state index is 12.3. The first-order chi connectivity index (χ1) is 10.5. The van der Waals surface area contributed by atoms with Crippen LogP contribution in [-0.4, -0.2) is 71.5 Å². The number of likely N-dealkylation sites (N-methyl/N-ethyl adjacent to an activating group) is 1. The zero-order valence-electron chi connectivity index (χ0n) is 13.2. The van der Waals surface area contributed by atoms with Gasteiger partial charge < -0.3 is 14.7 Å². The second kappa shape index (κ2) is 5.62. The minimum absolute atomic E-state index is 0.273. The van der Waals surface area contributed by atoms with Crippen LogP contribution in [0.1, 0.15) is 26.2 Å². The number of amides is 3. The Balaban J connectivity index is 1.92. The molecule has 0 aliphatic carbocycles. The van der Waals surface area contributed by atoms with Gasteiger partial charge in [0.25, 0.3) is 5.91 Å². The van der Waals surface area contributed by atoms with Crippen LogP contribution >= 0.6 is 0 Å². The molecule has 22 heavy (non-hydrogen) atoms. The van der Waals surface area contributed by atoms with Gasteiger partial charge >= 0.3 is 6.03 Å². The van der Waals surface area contributed by atoms with Gasteiger partial charge in [0.05, 0.1) is 0 Å². The fourth-order valence-electron chi connectivity index (χ4n) is 3.33. The molecule has 3 aliphatic rings. The molecular weight excluding hydrogens is 282 g/mol. The molecule has 2 unspecified atom stereocenters. The molecule has 0 spiro atoms. The molecule has 2 saturated heterocycles. The van der Waals surface area contributed by atoms with E-state index in [0.717, 1.165) is 37.5 Å². The number of guanidine groups is 1. The van der Waals surface area contributed by atoms with Gasteiger partial charge in [-0.15, -0.1) is 0 Å². The Morgan fingerprint density at radius 1 is 1.32 bits per heavy atom. The van der Waals surface area contributed by atoms with Gasteiger partial charge in [-0.3, -0.25) is 10.1 Å². The molecule has 0 saturated carbocycles. The number of nitrogens with one attached hydrogen (secondary N) is 1. The number of urea groups is 1. The van der Waals surface area contributed by atoms with Crippen molar-refractivity contribution in [2.24, 2.45) is 4.99 Å². The summed E-state index contributed by atoms with van der Waals surface area (Å²) in [6, 6.07) is -0.846. The van der Waals surface area contributed by atoms with E-state index in [1.807, 2.05) is 11.8 Å². The van der Waals surface area contributed by atoms with Gasteiger partial charge in [0.15, 0.2) is 18.2 Å². The molecular formula is C15H23N5O2. The summed E-state index contributed by atoms with van der Waals surface area (Å²) >= 11 is 0. The normalized spacial score (nSPS) is 28.5. The number of piperidine rings is 1. The molecule has 2 atom stereocenters. The molecule has 1 N–H and O–H groups in total. The van der Waals surface area contributed by atoms with Crippen molar-refractivity contribution in [3.8, 4) is 0 Å². The van der Waals surface area contributed by atoms with Crippen molar-refractivity contribution in [2.75, 3.05) is 26.7 Å². The van der Waals surface area contributed by atoms with Crippen LogP contribution in [0, 0.1) is 0 Å². The van der Waals surface area contributed by atoms with Crippen molar-refractivity contribution in [1.29, 1.82) is 0 Å². The van der Waals surface area contributed by atoms with E-state index in [4.69, 9.17) is 4.99 Å². The van der Waals surface area contributed by atoms with Gasteiger partial charge in [0, 0.05) is 26.7 Å². The Morgan fingerprint density at radius 3 is 2.64 bits per heavy atom. The van der Waals surface area contributed by atoms with Gasteiger partial charge in [0.1, 0.15) is 0 Å². The van der Waals surface area contributed by atoms with Gasteiger partial charge in [-0.25, -0.2) is 9.79 Å². The summed E-state index contributed by atoms with van der Waals surface area (Å²) in [6.07, 6.45) is 3.06. The highest BCUT2D eigenvalue weighted by Gasteiger charge is 2.49. The second-order valence-electron chi connectivity index (χ2n) is 6.33. The van der Waals surface area contributed by atoms with Crippen molar-refractivity contribution in [3.63, 3.8) is 0 Å². The third-order valence-electron chi connectivity index (χ3n) is 4.42. The highest BCUT2D eigenvalue weighted by atomic mass is 16.2. The summed E-state index contributed by atoms with van der Waals surface area (Å²) in [5.74, 6) is 0.555. The van der Waals surface area contributed by atoms with E-state index in [1.54, 1.807) is 7.05 Å². The molecule has 7 heteroatoms. The quantitative estimate of drug-likeness (QED) is 0.759. The summed E-state index contributed by atoms with van der Waals surface area (Å²) in [6.45, 7) is 8.38. The second-order valence-corrected chi connectivity index (χ2v) is 6.33. The monoisotopic (exact) mass is 305 g/mol. The highest BCUT2D eigenvalue weighted by molar-refractivity contribution is 6.03. The Bertz CT molecular complexity index is 538. The lowest BCUT2D eigenvalue weighted by Crippen LogP contribution is -2.64. The van der Waals surface area contributed by atoms with Gasteiger partial charge in [0.2, 0.25) is 0 Å². The summed E-state index contributed by atoms with van der Waals surface area (Å²) < 4.78 is 0. The van der Waals surface area contributed by atoms with Crippen LogP contribution in [0.15, 0.2) is 17.1 Å². The van der Waals surface area contributed by atoms with Crippen molar-refractivity contribution >= 4 is 17.9 Å². The van der Waals surface area contributed by atoms with Crippen LogP contribution < -0.4 is 5.32 Å². The van der Waals surface area contributed by atoms with E-state index in [2.05, 4.69) is 16.8 Å². The van der Waals surface area contributed by atoms with Crippen LogP contribution in [0.3, 0.4) is 0 Å². The SMILES string of the molecule is C=C(C)CN1C(N2CCCCC2)=NC2C1C(=O)NC(=O)N2C. The highest BCUT2D eigenvalue weighted by Crippen LogP contribution is 2.27. The standard InChI is InChI=1S/C15H23N5O2/c1-10(2)9-20-11-12(18(3)15(22)17-13(11)21)16-14(20)19-7-5-4-6-8-19/h11-12H,1,4-9H2,2-3H3,(H,17,21,22). The summed E-state index contributed by atoms with van der Waals surface area (Å²) in [5, 5.41) is 2.41. The summed E-state index contributed by atoms with van der Waals surface area (Å²) in [4.78, 5) is 34.6. The Labute approximate surface area is 130 Å². The maximum absolute atomic E-state index is 12.3. The minimum atomic E-state index is -0.462. The number of nitrogens with zero attached hydrogens (tertiary/aromatic N) is 4. The van der Waals surface area contributed by atoms with E-state index in [9.17, 15) is 9.59 Å². The molecule has 120 valence electrons. The number of imide groups is 1. The van der Waals surface area contributed by atoms with E-state index >= 15 is 0 Å². The van der Waals surface area contributed by atoms with Gasteiger partial charge in [-0.05, 0) is 26.2 Å². The third kappa shape index (κ3) is 2.44. The van der Waals surface area contributed by atoms with Crippen molar-refractivity contribution < 1.29 is 9.59 Å². The third-order valence-corrected chi connectivity index (χ3v) is 4.42. The largest absolute Gasteiger partial charge is 0.343 e. The molecule has 0 radical (unpaired) electrons. The predicted molar refractivity (Wildman–Crippen MR) is 83.3 cm³/mol. The van der Waals surface area contributed by atoms with E-state index in [0.29, 0.717) is 6.54 Å². The van der Waals surface area contributed by atoms with Crippen LogP contribution in [0.25, 0.3) is 0 Å². The average molecular weight is 305 g/mol. The topological polar surface area (TPSA) is 68.2 Å². The van der Waals surface area contributed by atoms with Crippen LogP contribution in [-0.2, 0) is 4.79 Å². The summed E-state index contributed by atoms with van der Waals surface area (Å²) in [7, 11) is 1.68. The molecule has 3 aliphatic heterocycles. The zero-order chi connectivity index (χ0) is 15.9. The van der Waals surface area contributed by atoms with Gasteiger partial charge in [-0.1, -0.05) is 12.2 Å². The van der Waals surface area contributed by atoms with E-state index in [1.165, 1.54) is 11.3 Å². The molecule has 3 heterocycles. The molecule has 0 aromatic heterocycles. The first-order valence-corrected chi connectivity index (χ1v) is 7.80. The maximum Gasteiger partial charge on any atom is 0.325 e. The van der Waals surface area contributed by atoms with Crippen LogP contribution in [0.2, 0.25) is 0 Å². The smallest absolute Gasteiger partial charge is 0.325 e. The van der Waals surface area contributed by atoms with Crippen molar-refractivity contribution in [2.45, 2.75) is 38.4 Å².